The summed E-state index contributed by atoms with van der Waals surface area (Å²) in [7, 11) is -8.22. The standard InChI is InChI=1S/C12H20F6O6S2/c13-11(14,15)5-3-9-25(19,20)23-7-1-2-8-24-26(21,22)10-4-6-12(16,17)18/h1-10H2. The van der Waals surface area contributed by atoms with Gasteiger partial charge in [0.25, 0.3) is 20.2 Å². The Morgan fingerprint density at radius 3 is 1.15 bits per heavy atom. The van der Waals surface area contributed by atoms with Crippen molar-refractivity contribution < 1.29 is 51.5 Å². The van der Waals surface area contributed by atoms with Gasteiger partial charge in [0.15, 0.2) is 0 Å². The molecule has 0 fully saturated rings. The molecule has 0 aliphatic rings. The Bertz CT molecular complexity index is 543. The van der Waals surface area contributed by atoms with Gasteiger partial charge in [0, 0.05) is 12.8 Å². The molecular weight excluding hydrogens is 418 g/mol. The fraction of sp³-hybridized carbons (Fsp3) is 1.00. The molecule has 0 amide bonds. The van der Waals surface area contributed by atoms with E-state index in [4.69, 9.17) is 0 Å². The third-order valence-electron chi connectivity index (χ3n) is 2.77. The third-order valence-corrected chi connectivity index (χ3v) is 5.40. The summed E-state index contributed by atoms with van der Waals surface area (Å²) in [5, 5.41) is 0. The van der Waals surface area contributed by atoms with E-state index in [1.165, 1.54) is 0 Å². The highest BCUT2D eigenvalue weighted by Crippen LogP contribution is 2.22. The van der Waals surface area contributed by atoms with Gasteiger partial charge in [-0.25, -0.2) is 0 Å². The van der Waals surface area contributed by atoms with Gasteiger partial charge < -0.3 is 0 Å². The Morgan fingerprint density at radius 1 is 0.577 bits per heavy atom. The molecule has 6 nitrogen and oxygen atoms in total. The Hall–Kier alpha value is -0.600. The molecule has 26 heavy (non-hydrogen) atoms. The lowest BCUT2D eigenvalue weighted by Gasteiger charge is -2.08. The summed E-state index contributed by atoms with van der Waals surface area (Å²) < 4.78 is 126. The highest BCUT2D eigenvalue weighted by atomic mass is 32.2. The fourth-order valence-corrected chi connectivity index (χ4v) is 3.57. The predicted molar refractivity (Wildman–Crippen MR) is 79.3 cm³/mol. The first-order valence-corrected chi connectivity index (χ1v) is 10.7. The number of alkyl halides is 6. The number of rotatable bonds is 13. The van der Waals surface area contributed by atoms with E-state index < -0.39 is 69.8 Å². The Balaban J connectivity index is 3.85. The van der Waals surface area contributed by atoms with Gasteiger partial charge in [-0.2, -0.15) is 43.2 Å². The van der Waals surface area contributed by atoms with Crippen LogP contribution in [0.25, 0.3) is 0 Å². The number of hydrogen-bond donors (Lipinski definition) is 0. The summed E-state index contributed by atoms with van der Waals surface area (Å²) in [5.74, 6) is -1.59. The van der Waals surface area contributed by atoms with Crippen LogP contribution in [0.3, 0.4) is 0 Å². The average molecular weight is 438 g/mol. The van der Waals surface area contributed by atoms with Crippen LogP contribution in [0.5, 0.6) is 0 Å². The van der Waals surface area contributed by atoms with E-state index in [1.54, 1.807) is 0 Å². The van der Waals surface area contributed by atoms with Crippen LogP contribution < -0.4 is 0 Å². The molecule has 158 valence electrons. The minimum Gasteiger partial charge on any atom is -0.270 e. The molecule has 0 aromatic rings. The van der Waals surface area contributed by atoms with Crippen LogP contribution in [-0.4, -0.2) is 53.9 Å². The summed E-state index contributed by atoms with van der Waals surface area (Å²) in [6.45, 7) is -0.738. The van der Waals surface area contributed by atoms with Crippen molar-refractivity contribution in [2.24, 2.45) is 0 Å². The predicted octanol–water partition coefficient (Wildman–Crippen LogP) is 3.14. The maximum atomic E-state index is 11.9. The second-order valence-electron chi connectivity index (χ2n) is 5.31. The van der Waals surface area contributed by atoms with Crippen molar-refractivity contribution in [2.75, 3.05) is 24.7 Å². The highest BCUT2D eigenvalue weighted by molar-refractivity contribution is 7.86. The van der Waals surface area contributed by atoms with Crippen molar-refractivity contribution in [3.8, 4) is 0 Å². The molecule has 0 aromatic carbocycles. The number of unbranched alkanes of at least 4 members (excludes halogenated alkanes) is 1. The van der Waals surface area contributed by atoms with Gasteiger partial charge in [-0.15, -0.1) is 0 Å². The monoisotopic (exact) mass is 438 g/mol. The van der Waals surface area contributed by atoms with E-state index >= 15 is 0 Å². The van der Waals surface area contributed by atoms with Crippen molar-refractivity contribution in [2.45, 2.75) is 50.9 Å². The summed E-state index contributed by atoms with van der Waals surface area (Å²) in [6, 6.07) is 0. The quantitative estimate of drug-likeness (QED) is 0.250. The van der Waals surface area contributed by atoms with Gasteiger partial charge in [0.05, 0.1) is 24.7 Å². The smallest absolute Gasteiger partial charge is 0.270 e. The van der Waals surface area contributed by atoms with E-state index in [1.807, 2.05) is 0 Å². The zero-order valence-electron chi connectivity index (χ0n) is 13.6. The Labute approximate surface area is 148 Å². The van der Waals surface area contributed by atoms with E-state index in [0.717, 1.165) is 0 Å². The van der Waals surface area contributed by atoms with Crippen LogP contribution in [0.15, 0.2) is 0 Å². The molecular formula is C12H20F6O6S2. The van der Waals surface area contributed by atoms with Gasteiger partial charge in [-0.05, 0) is 25.7 Å². The third kappa shape index (κ3) is 16.8. The molecule has 0 aliphatic heterocycles. The maximum Gasteiger partial charge on any atom is 0.389 e. The minimum atomic E-state index is -4.46. The zero-order valence-corrected chi connectivity index (χ0v) is 15.2. The molecule has 0 saturated carbocycles. The topological polar surface area (TPSA) is 86.7 Å². The van der Waals surface area contributed by atoms with Crippen LogP contribution in [0.4, 0.5) is 26.3 Å². The molecule has 0 radical (unpaired) electrons. The largest absolute Gasteiger partial charge is 0.389 e. The molecule has 0 unspecified atom stereocenters. The number of hydrogen-bond acceptors (Lipinski definition) is 6. The molecule has 0 saturated heterocycles. The van der Waals surface area contributed by atoms with Crippen molar-refractivity contribution in [1.82, 2.24) is 0 Å². The second-order valence-corrected chi connectivity index (χ2v) is 8.83. The summed E-state index contributed by atoms with van der Waals surface area (Å²) in [4.78, 5) is 0. The van der Waals surface area contributed by atoms with Crippen LogP contribution in [0.1, 0.15) is 38.5 Å². The maximum absolute atomic E-state index is 11.9. The molecule has 0 heterocycles. The van der Waals surface area contributed by atoms with Gasteiger partial charge in [0.1, 0.15) is 0 Å². The molecule has 0 aromatic heterocycles. The first-order chi connectivity index (χ1) is 11.6. The lowest BCUT2D eigenvalue weighted by Crippen LogP contribution is -2.16. The first kappa shape index (κ1) is 25.4. The van der Waals surface area contributed by atoms with E-state index in [9.17, 15) is 43.2 Å². The van der Waals surface area contributed by atoms with Gasteiger partial charge in [-0.3, -0.25) is 8.37 Å². The molecule has 0 bridgehead atoms. The fourth-order valence-electron chi connectivity index (χ4n) is 1.59. The van der Waals surface area contributed by atoms with Crippen LogP contribution in [0.2, 0.25) is 0 Å². The van der Waals surface area contributed by atoms with Gasteiger partial charge in [0.2, 0.25) is 0 Å². The summed E-state index contributed by atoms with van der Waals surface area (Å²) in [5.41, 5.74) is 0. The van der Waals surface area contributed by atoms with Crippen LogP contribution >= 0.6 is 0 Å². The normalized spacial score (nSPS) is 13.9. The highest BCUT2D eigenvalue weighted by Gasteiger charge is 2.28. The Morgan fingerprint density at radius 2 is 0.885 bits per heavy atom. The van der Waals surface area contributed by atoms with Crippen molar-refractivity contribution >= 4 is 20.2 Å². The summed E-state index contributed by atoms with van der Waals surface area (Å²) >= 11 is 0. The van der Waals surface area contributed by atoms with E-state index in [0.29, 0.717) is 0 Å². The summed E-state index contributed by atoms with van der Waals surface area (Å²) in [6.07, 6.45) is -12.6. The number of halogens is 6. The molecule has 0 spiro atoms. The van der Waals surface area contributed by atoms with Crippen molar-refractivity contribution in [3.05, 3.63) is 0 Å². The van der Waals surface area contributed by atoms with Crippen LogP contribution in [-0.2, 0) is 28.6 Å². The molecule has 0 aliphatic carbocycles. The minimum absolute atomic E-state index is 0.0383. The van der Waals surface area contributed by atoms with Gasteiger partial charge >= 0.3 is 12.4 Å². The SMILES string of the molecule is O=S(=O)(CCCC(F)(F)F)OCCCCOS(=O)(=O)CCCC(F)(F)F. The van der Waals surface area contributed by atoms with Crippen molar-refractivity contribution in [1.29, 1.82) is 0 Å². The van der Waals surface area contributed by atoms with E-state index in [2.05, 4.69) is 8.37 Å². The second kappa shape index (κ2) is 10.7. The molecule has 0 N–H and O–H groups in total. The molecule has 14 heteroatoms. The van der Waals surface area contributed by atoms with Crippen molar-refractivity contribution in [3.63, 3.8) is 0 Å². The van der Waals surface area contributed by atoms with Crippen LogP contribution in [0, 0.1) is 0 Å². The lowest BCUT2D eigenvalue weighted by atomic mass is 10.3. The van der Waals surface area contributed by atoms with Gasteiger partial charge in [-0.1, -0.05) is 0 Å². The molecule has 0 atom stereocenters. The first-order valence-electron chi connectivity index (χ1n) is 7.50. The zero-order chi connectivity index (χ0) is 20.5. The molecule has 0 rings (SSSR count). The van der Waals surface area contributed by atoms with E-state index in [-0.39, 0.29) is 26.1 Å². The Kier molecular flexibility index (Phi) is 10.4. The lowest BCUT2D eigenvalue weighted by molar-refractivity contribution is -0.135. The average Bonchev–Trinajstić information content (AvgIpc) is 2.39.